The molecule has 0 saturated heterocycles. The first-order chi connectivity index (χ1) is 12.7. The average molecular weight is 389 g/mol. The molecule has 0 aliphatic carbocycles. The van der Waals surface area contributed by atoms with Gasteiger partial charge in [0, 0.05) is 13.8 Å². The summed E-state index contributed by atoms with van der Waals surface area (Å²) in [5, 5.41) is 11.4. The molecule has 0 amide bonds. The van der Waals surface area contributed by atoms with E-state index in [0.29, 0.717) is 15.8 Å². The van der Waals surface area contributed by atoms with Crippen LogP contribution in [-0.2, 0) is 9.59 Å². The van der Waals surface area contributed by atoms with Gasteiger partial charge in [-0.15, -0.1) is 0 Å². The first-order valence-electron chi connectivity index (χ1n) is 7.57. The number of carbonyl (C=O) groups excluding carboxylic acids is 1. The van der Waals surface area contributed by atoms with Crippen molar-refractivity contribution in [1.82, 2.24) is 14.6 Å². The summed E-state index contributed by atoms with van der Waals surface area (Å²) >= 11 is 1.07. The maximum Gasteiger partial charge on any atom is 0.308 e. The summed E-state index contributed by atoms with van der Waals surface area (Å²) in [6.45, 7) is 3.90. The van der Waals surface area contributed by atoms with Gasteiger partial charge in [-0.1, -0.05) is 23.5 Å². The second-order valence-corrected chi connectivity index (χ2v) is 6.31. The number of nitrogens with zero attached hydrogens (tertiary/aromatic N) is 3. The van der Waals surface area contributed by atoms with Crippen molar-refractivity contribution in [1.29, 1.82) is 0 Å². The number of rotatable bonds is 2. The van der Waals surface area contributed by atoms with E-state index in [1.54, 1.807) is 30.3 Å². The summed E-state index contributed by atoms with van der Waals surface area (Å²) in [5.41, 5.74) is 0.0565. The molecule has 0 unspecified atom stereocenters. The monoisotopic (exact) mass is 389 g/mol. The summed E-state index contributed by atoms with van der Waals surface area (Å²) in [7, 11) is 0. The number of aliphatic carboxylic acids is 1. The smallest absolute Gasteiger partial charge is 0.308 e. The number of aryl methyl sites for hydroxylation is 1. The third-order valence-corrected chi connectivity index (χ3v) is 3.92. The van der Waals surface area contributed by atoms with Crippen molar-refractivity contribution in [3.63, 3.8) is 0 Å². The Bertz CT molecular complexity index is 1180. The highest BCUT2D eigenvalue weighted by atomic mass is 32.1. The lowest BCUT2D eigenvalue weighted by Gasteiger charge is -2.01. The van der Waals surface area contributed by atoms with Gasteiger partial charge in [0.15, 0.2) is 0 Å². The van der Waals surface area contributed by atoms with Crippen molar-refractivity contribution >= 4 is 34.3 Å². The Morgan fingerprint density at radius 2 is 1.93 bits per heavy atom. The molecule has 140 valence electrons. The normalized spacial score (nSPS) is 11.0. The molecule has 0 fully saturated rings. The van der Waals surface area contributed by atoms with Crippen molar-refractivity contribution in [3.8, 4) is 5.75 Å². The van der Waals surface area contributed by atoms with Gasteiger partial charge >= 0.3 is 5.97 Å². The van der Waals surface area contributed by atoms with Gasteiger partial charge in [-0.25, -0.2) is 0 Å². The molecule has 10 heteroatoms. The Morgan fingerprint density at radius 3 is 2.56 bits per heavy atom. The number of carboxylic acids is 1. The quantitative estimate of drug-likeness (QED) is 0.492. The summed E-state index contributed by atoms with van der Waals surface area (Å²) in [4.78, 5) is 47.9. The number of hydrogen-bond acceptors (Lipinski definition) is 8. The number of carbonyl (C=O) groups is 2. The minimum absolute atomic E-state index is 0.167. The second-order valence-electron chi connectivity index (χ2n) is 5.30. The van der Waals surface area contributed by atoms with Crippen LogP contribution >= 0.6 is 11.3 Å². The van der Waals surface area contributed by atoms with Crippen molar-refractivity contribution in [3.05, 3.63) is 60.8 Å². The predicted molar refractivity (Wildman–Crippen MR) is 98.0 cm³/mol. The summed E-state index contributed by atoms with van der Waals surface area (Å²) in [6, 6.07) is 6.77. The summed E-state index contributed by atoms with van der Waals surface area (Å²) < 4.78 is 6.51. The fourth-order valence-electron chi connectivity index (χ4n) is 1.97. The molecular weight excluding hydrogens is 374 g/mol. The van der Waals surface area contributed by atoms with Crippen LogP contribution in [0.1, 0.15) is 25.1 Å². The topological polar surface area (TPSA) is 128 Å². The van der Waals surface area contributed by atoms with Crippen molar-refractivity contribution in [2.75, 3.05) is 0 Å². The standard InChI is InChI=1S/C15H11N3O4S.C2H4O2/c1-8-13(20)16-15-18(17-8)14(21)12(23-15)7-10-4-3-5-11(6-10)22-9(2)19;1-2(3)4/h3-7H,1-2H3;1H3,(H,3,4)/b12-7-;. The number of aromatic nitrogens is 3. The molecule has 2 aromatic heterocycles. The molecule has 3 rings (SSSR count). The molecule has 27 heavy (non-hydrogen) atoms. The predicted octanol–water partition coefficient (Wildman–Crippen LogP) is 0.384. The van der Waals surface area contributed by atoms with Crippen molar-refractivity contribution in [2.24, 2.45) is 0 Å². The first-order valence-corrected chi connectivity index (χ1v) is 8.39. The van der Waals surface area contributed by atoms with Crippen molar-refractivity contribution < 1.29 is 19.4 Å². The molecule has 0 spiro atoms. The molecule has 2 heterocycles. The zero-order chi connectivity index (χ0) is 20.1. The zero-order valence-electron chi connectivity index (χ0n) is 14.6. The van der Waals surface area contributed by atoms with E-state index in [9.17, 15) is 14.4 Å². The van der Waals surface area contributed by atoms with E-state index in [4.69, 9.17) is 14.6 Å². The Balaban J connectivity index is 0.000000596. The maximum absolute atomic E-state index is 12.3. The van der Waals surface area contributed by atoms with Gasteiger partial charge < -0.3 is 9.84 Å². The van der Waals surface area contributed by atoms with E-state index >= 15 is 0 Å². The molecular formula is C17H15N3O6S. The van der Waals surface area contributed by atoms with E-state index in [-0.39, 0.29) is 16.2 Å². The molecule has 0 aliphatic heterocycles. The Labute approximate surface area is 156 Å². The lowest BCUT2D eigenvalue weighted by atomic mass is 10.2. The number of thiazole rings is 1. The highest BCUT2D eigenvalue weighted by molar-refractivity contribution is 7.15. The molecule has 0 aliphatic rings. The molecule has 9 nitrogen and oxygen atoms in total. The summed E-state index contributed by atoms with van der Waals surface area (Å²) in [6.07, 6.45) is 1.64. The van der Waals surface area contributed by atoms with Crippen LogP contribution in [0.15, 0.2) is 33.9 Å². The van der Waals surface area contributed by atoms with Gasteiger partial charge in [0.05, 0.1) is 4.53 Å². The lowest BCUT2D eigenvalue weighted by molar-refractivity contribution is -0.134. The largest absolute Gasteiger partial charge is 0.481 e. The van der Waals surface area contributed by atoms with Crippen molar-refractivity contribution in [2.45, 2.75) is 20.8 Å². The van der Waals surface area contributed by atoms with E-state index in [1.807, 2.05) is 0 Å². The van der Waals surface area contributed by atoms with Crippen LogP contribution in [0.2, 0.25) is 0 Å². The van der Waals surface area contributed by atoms with Crippen LogP contribution in [0.4, 0.5) is 0 Å². The number of hydrogen-bond donors (Lipinski definition) is 1. The average Bonchev–Trinajstić information content (AvgIpc) is 2.83. The number of fused-ring (bicyclic) bond motifs is 1. The van der Waals surface area contributed by atoms with Crippen LogP contribution in [0.3, 0.4) is 0 Å². The fourth-order valence-corrected chi connectivity index (χ4v) is 2.88. The SMILES string of the molecule is CC(=O)O.CC(=O)Oc1cccc(/C=c2\sc3nc(=O)c(C)nn3c2=O)c1. The summed E-state index contributed by atoms with van der Waals surface area (Å²) in [5.74, 6) is -0.864. The zero-order valence-corrected chi connectivity index (χ0v) is 15.4. The number of benzene rings is 1. The highest BCUT2D eigenvalue weighted by Gasteiger charge is 2.08. The molecule has 0 radical (unpaired) electrons. The molecule has 1 N–H and O–H groups in total. The Hall–Kier alpha value is -3.40. The third-order valence-electron chi connectivity index (χ3n) is 2.96. The minimum Gasteiger partial charge on any atom is -0.481 e. The van der Waals surface area contributed by atoms with Crippen LogP contribution in [0.25, 0.3) is 11.0 Å². The van der Waals surface area contributed by atoms with Gasteiger partial charge in [0.2, 0.25) is 4.96 Å². The minimum atomic E-state index is -0.833. The van der Waals surface area contributed by atoms with Crippen LogP contribution in [0.5, 0.6) is 5.75 Å². The number of carboxylic acid groups (broad SMARTS) is 1. The lowest BCUT2D eigenvalue weighted by Crippen LogP contribution is -2.27. The van der Waals surface area contributed by atoms with Gasteiger partial charge in [0.25, 0.3) is 17.1 Å². The van der Waals surface area contributed by atoms with Crippen LogP contribution < -0.4 is 20.4 Å². The number of esters is 1. The number of ether oxygens (including phenoxy) is 1. The van der Waals surface area contributed by atoms with Gasteiger partial charge in [-0.2, -0.15) is 14.6 Å². The van der Waals surface area contributed by atoms with Gasteiger partial charge in [0.1, 0.15) is 11.4 Å². The van der Waals surface area contributed by atoms with Gasteiger partial charge in [-0.3, -0.25) is 19.2 Å². The van der Waals surface area contributed by atoms with Crippen LogP contribution in [-0.4, -0.2) is 31.6 Å². The molecule has 0 bridgehead atoms. The van der Waals surface area contributed by atoms with E-state index in [2.05, 4.69) is 10.1 Å². The highest BCUT2D eigenvalue weighted by Crippen LogP contribution is 2.14. The molecule has 0 atom stereocenters. The Kier molecular flexibility index (Phi) is 6.14. The Morgan fingerprint density at radius 1 is 1.26 bits per heavy atom. The van der Waals surface area contributed by atoms with E-state index < -0.39 is 17.5 Å². The third kappa shape index (κ3) is 5.28. The molecule has 3 aromatic rings. The maximum atomic E-state index is 12.3. The van der Waals surface area contributed by atoms with Crippen LogP contribution in [0, 0.1) is 6.92 Å². The molecule has 0 saturated carbocycles. The fraction of sp³-hybridized carbons (Fsp3) is 0.176. The van der Waals surface area contributed by atoms with E-state index in [1.165, 1.54) is 13.8 Å². The molecule has 1 aromatic carbocycles. The second kappa shape index (κ2) is 8.32. The van der Waals surface area contributed by atoms with E-state index in [0.717, 1.165) is 22.8 Å². The van der Waals surface area contributed by atoms with Gasteiger partial charge in [-0.05, 0) is 30.7 Å². The first kappa shape index (κ1) is 19.9.